The van der Waals surface area contributed by atoms with Crippen LogP contribution in [0.4, 0.5) is 8.78 Å². The highest BCUT2D eigenvalue weighted by Gasteiger charge is 2.39. The van der Waals surface area contributed by atoms with Crippen molar-refractivity contribution in [1.82, 2.24) is 0 Å². The smallest absolute Gasteiger partial charge is 0.192 e. The molecule has 0 aromatic heterocycles. The average Bonchev–Trinajstić information content (AvgIpc) is 2.29. The molecule has 1 nitrogen and oxygen atoms in total. The second kappa shape index (κ2) is 6.24. The Kier molecular flexibility index (Phi) is 5.55. The minimum absolute atomic E-state index is 0.0498. The standard InChI is InChI=1S/C15H23BrF2OSi/c1-7-14(19-20(5,6)15(2,3)4)10-8-11(16)13(18)9-12(10)17/h8-9,14H,7H2,1-6H3. The highest BCUT2D eigenvalue weighted by atomic mass is 79.9. The van der Waals surface area contributed by atoms with Gasteiger partial charge in [0.2, 0.25) is 0 Å². The molecule has 0 spiro atoms. The summed E-state index contributed by atoms with van der Waals surface area (Å²) in [6, 6.07) is 2.41. The predicted molar refractivity (Wildman–Crippen MR) is 85.4 cm³/mol. The Morgan fingerprint density at radius 2 is 1.75 bits per heavy atom. The third-order valence-corrected chi connectivity index (χ3v) is 9.09. The van der Waals surface area contributed by atoms with E-state index in [-0.39, 0.29) is 15.6 Å². The van der Waals surface area contributed by atoms with E-state index in [1.807, 2.05) is 6.92 Å². The Labute approximate surface area is 130 Å². The second-order valence-corrected chi connectivity index (χ2v) is 12.2. The lowest BCUT2D eigenvalue weighted by atomic mass is 10.1. The van der Waals surface area contributed by atoms with Crippen LogP contribution in [-0.4, -0.2) is 8.32 Å². The Hall–Kier alpha value is -0.263. The molecule has 20 heavy (non-hydrogen) atoms. The zero-order valence-electron chi connectivity index (χ0n) is 13.0. The van der Waals surface area contributed by atoms with Gasteiger partial charge in [-0.05, 0) is 46.5 Å². The molecule has 1 atom stereocenters. The Balaban J connectivity index is 3.12. The molecule has 0 aliphatic heterocycles. The number of hydrogen-bond donors (Lipinski definition) is 0. The van der Waals surface area contributed by atoms with Crippen molar-refractivity contribution >= 4 is 24.2 Å². The van der Waals surface area contributed by atoms with Crippen molar-refractivity contribution < 1.29 is 13.2 Å². The lowest BCUT2D eigenvalue weighted by Gasteiger charge is -2.39. The molecule has 0 aliphatic carbocycles. The largest absolute Gasteiger partial charge is 0.410 e. The second-order valence-electron chi connectivity index (χ2n) is 6.56. The monoisotopic (exact) mass is 364 g/mol. The molecule has 0 saturated carbocycles. The summed E-state index contributed by atoms with van der Waals surface area (Å²) in [5.41, 5.74) is 0.422. The van der Waals surface area contributed by atoms with Gasteiger partial charge < -0.3 is 4.43 Å². The summed E-state index contributed by atoms with van der Waals surface area (Å²) in [6.07, 6.45) is 0.314. The lowest BCUT2D eigenvalue weighted by molar-refractivity contribution is 0.174. The molecule has 1 unspecified atom stereocenters. The number of halogens is 3. The highest BCUT2D eigenvalue weighted by Crippen LogP contribution is 2.41. The summed E-state index contributed by atoms with van der Waals surface area (Å²) in [4.78, 5) is 0. The maximum absolute atomic E-state index is 14.0. The van der Waals surface area contributed by atoms with Crippen LogP contribution in [0.5, 0.6) is 0 Å². The molecule has 5 heteroatoms. The summed E-state index contributed by atoms with van der Waals surface area (Å²) in [7, 11) is -2.00. The van der Waals surface area contributed by atoms with Gasteiger partial charge in [0.15, 0.2) is 8.32 Å². The highest BCUT2D eigenvalue weighted by molar-refractivity contribution is 9.10. The third-order valence-electron chi connectivity index (χ3n) is 4.00. The van der Waals surface area contributed by atoms with Gasteiger partial charge in [0.05, 0.1) is 10.6 Å². The molecular formula is C15H23BrF2OSi. The van der Waals surface area contributed by atoms with Gasteiger partial charge in [-0.3, -0.25) is 0 Å². The van der Waals surface area contributed by atoms with E-state index in [2.05, 4.69) is 49.8 Å². The van der Waals surface area contributed by atoms with E-state index in [1.54, 1.807) is 0 Å². The first-order chi connectivity index (χ1) is 8.99. The van der Waals surface area contributed by atoms with Crippen molar-refractivity contribution in [3.63, 3.8) is 0 Å². The van der Waals surface area contributed by atoms with Crippen LogP contribution in [0.3, 0.4) is 0 Å². The van der Waals surface area contributed by atoms with E-state index >= 15 is 0 Å². The van der Waals surface area contributed by atoms with Gasteiger partial charge in [-0.2, -0.15) is 0 Å². The van der Waals surface area contributed by atoms with Crippen molar-refractivity contribution in [2.45, 2.75) is 58.4 Å². The fraction of sp³-hybridized carbons (Fsp3) is 0.600. The Morgan fingerprint density at radius 1 is 1.20 bits per heavy atom. The molecule has 0 fully saturated rings. The van der Waals surface area contributed by atoms with Crippen molar-refractivity contribution in [3.05, 3.63) is 33.8 Å². The van der Waals surface area contributed by atoms with Crippen molar-refractivity contribution in [3.8, 4) is 0 Å². The number of benzene rings is 1. The third kappa shape index (κ3) is 3.89. The fourth-order valence-corrected chi connectivity index (χ4v) is 3.40. The number of hydrogen-bond acceptors (Lipinski definition) is 1. The molecule has 1 aromatic rings. The molecule has 0 aliphatic rings. The molecular weight excluding hydrogens is 342 g/mol. The van der Waals surface area contributed by atoms with Crippen molar-refractivity contribution in [1.29, 1.82) is 0 Å². The molecule has 0 heterocycles. The van der Waals surface area contributed by atoms with E-state index in [4.69, 9.17) is 4.43 Å². The van der Waals surface area contributed by atoms with E-state index in [0.29, 0.717) is 12.0 Å². The first-order valence-corrected chi connectivity index (χ1v) is 10.5. The molecule has 114 valence electrons. The quantitative estimate of drug-likeness (QED) is 0.456. The van der Waals surface area contributed by atoms with Crippen LogP contribution in [0.2, 0.25) is 18.1 Å². The molecule has 1 rings (SSSR count). The minimum Gasteiger partial charge on any atom is -0.410 e. The maximum atomic E-state index is 14.0. The Bertz CT molecular complexity index is 483. The zero-order valence-corrected chi connectivity index (χ0v) is 15.6. The topological polar surface area (TPSA) is 9.23 Å². The summed E-state index contributed by atoms with van der Waals surface area (Å²) in [6.45, 7) is 12.6. The van der Waals surface area contributed by atoms with Crippen LogP contribution < -0.4 is 0 Å². The summed E-state index contributed by atoms with van der Waals surface area (Å²) < 4.78 is 33.9. The average molecular weight is 365 g/mol. The van der Waals surface area contributed by atoms with Gasteiger partial charge in [0.25, 0.3) is 0 Å². The molecule has 0 amide bonds. The normalized spacial score (nSPS) is 14.4. The predicted octanol–water partition coefficient (Wildman–Crippen LogP) is 6.20. The van der Waals surface area contributed by atoms with Crippen LogP contribution in [0.25, 0.3) is 0 Å². The van der Waals surface area contributed by atoms with Crippen molar-refractivity contribution in [2.75, 3.05) is 0 Å². The van der Waals surface area contributed by atoms with E-state index in [9.17, 15) is 8.78 Å². The fourth-order valence-electron chi connectivity index (χ4n) is 1.68. The summed E-state index contributed by atoms with van der Waals surface area (Å²) in [5, 5.41) is 0.0498. The molecule has 0 saturated heterocycles. The van der Waals surface area contributed by atoms with Crippen molar-refractivity contribution in [2.24, 2.45) is 0 Å². The van der Waals surface area contributed by atoms with E-state index in [1.165, 1.54) is 6.07 Å². The molecule has 0 N–H and O–H groups in total. The van der Waals surface area contributed by atoms with E-state index < -0.39 is 20.0 Å². The number of rotatable bonds is 4. The molecule has 1 aromatic carbocycles. The SMILES string of the molecule is CCC(O[Si](C)(C)C(C)(C)C)c1cc(Br)c(F)cc1F. The van der Waals surface area contributed by atoms with E-state index in [0.717, 1.165) is 6.07 Å². The van der Waals surface area contributed by atoms with Gasteiger partial charge >= 0.3 is 0 Å². The van der Waals surface area contributed by atoms with Gasteiger partial charge in [-0.25, -0.2) is 8.78 Å². The molecule has 0 bridgehead atoms. The van der Waals surface area contributed by atoms with Crippen LogP contribution in [0, 0.1) is 11.6 Å². The zero-order chi connectivity index (χ0) is 15.7. The van der Waals surface area contributed by atoms with Crippen LogP contribution >= 0.6 is 15.9 Å². The minimum atomic E-state index is -2.00. The summed E-state index contributed by atoms with van der Waals surface area (Å²) in [5.74, 6) is -1.13. The first-order valence-electron chi connectivity index (χ1n) is 6.82. The van der Waals surface area contributed by atoms with Crippen LogP contribution in [-0.2, 0) is 4.43 Å². The van der Waals surface area contributed by atoms with Gasteiger partial charge in [-0.1, -0.05) is 27.7 Å². The lowest BCUT2D eigenvalue weighted by Crippen LogP contribution is -2.41. The molecule has 0 radical (unpaired) electrons. The summed E-state index contributed by atoms with van der Waals surface area (Å²) >= 11 is 3.11. The van der Waals surface area contributed by atoms with Crippen LogP contribution in [0.1, 0.15) is 45.8 Å². The maximum Gasteiger partial charge on any atom is 0.192 e. The Morgan fingerprint density at radius 3 is 2.20 bits per heavy atom. The first kappa shape index (κ1) is 17.8. The van der Waals surface area contributed by atoms with Gasteiger partial charge in [0.1, 0.15) is 11.6 Å². The van der Waals surface area contributed by atoms with Crippen LogP contribution in [0.15, 0.2) is 16.6 Å². The van der Waals surface area contributed by atoms with Gasteiger partial charge in [-0.15, -0.1) is 0 Å². The van der Waals surface area contributed by atoms with Gasteiger partial charge in [0, 0.05) is 11.6 Å².